The van der Waals surface area contributed by atoms with Crippen LogP contribution in [0.3, 0.4) is 0 Å². The van der Waals surface area contributed by atoms with Crippen molar-refractivity contribution in [3.05, 3.63) is 18.5 Å². The van der Waals surface area contributed by atoms with E-state index in [4.69, 9.17) is 5.73 Å². The highest BCUT2D eigenvalue weighted by atomic mass is 15.1. The number of nitrogens with zero attached hydrogens (tertiary/aromatic N) is 3. The van der Waals surface area contributed by atoms with Crippen LogP contribution in [0.25, 0.3) is 11.0 Å². The summed E-state index contributed by atoms with van der Waals surface area (Å²) < 4.78 is 2.08. The average Bonchev–Trinajstić information content (AvgIpc) is 2.46. The number of hydrogen-bond donors (Lipinski definition) is 1. The zero-order valence-electron chi connectivity index (χ0n) is 7.73. The van der Waals surface area contributed by atoms with Crippen LogP contribution in [-0.2, 0) is 0 Å². The second kappa shape index (κ2) is 2.73. The molecule has 0 unspecified atom stereocenters. The molecule has 0 saturated carbocycles. The highest BCUT2D eigenvalue weighted by molar-refractivity contribution is 5.76. The lowest BCUT2D eigenvalue weighted by atomic mass is 10.4. The van der Waals surface area contributed by atoms with Gasteiger partial charge >= 0.3 is 0 Å². The molecule has 68 valence electrons. The topological polar surface area (TPSA) is 56.7 Å². The van der Waals surface area contributed by atoms with E-state index in [-0.39, 0.29) is 0 Å². The van der Waals surface area contributed by atoms with Crippen molar-refractivity contribution >= 4 is 17.0 Å². The lowest BCUT2D eigenvalue weighted by Crippen LogP contribution is -2.02. The minimum Gasteiger partial charge on any atom is -0.368 e. The van der Waals surface area contributed by atoms with Crippen LogP contribution in [0.1, 0.15) is 19.9 Å². The van der Waals surface area contributed by atoms with Crippen LogP contribution in [0.4, 0.5) is 5.95 Å². The van der Waals surface area contributed by atoms with Crippen molar-refractivity contribution in [1.82, 2.24) is 14.5 Å². The van der Waals surface area contributed by atoms with E-state index in [1.807, 2.05) is 12.3 Å². The van der Waals surface area contributed by atoms with Gasteiger partial charge in [-0.25, -0.2) is 4.98 Å². The summed E-state index contributed by atoms with van der Waals surface area (Å²) in [6.45, 7) is 4.22. The number of nitrogen functional groups attached to an aromatic ring is 1. The van der Waals surface area contributed by atoms with Gasteiger partial charge in [-0.15, -0.1) is 0 Å². The molecule has 0 aliphatic heterocycles. The Balaban J connectivity index is 2.71. The molecular formula is C9H12N4. The maximum Gasteiger partial charge on any atom is 0.221 e. The third kappa shape index (κ3) is 1.24. The summed E-state index contributed by atoms with van der Waals surface area (Å²) in [5, 5.41) is 1.03. The van der Waals surface area contributed by atoms with E-state index in [1.54, 1.807) is 6.20 Å². The summed E-state index contributed by atoms with van der Waals surface area (Å²) in [7, 11) is 0. The van der Waals surface area contributed by atoms with Crippen molar-refractivity contribution < 1.29 is 0 Å². The summed E-state index contributed by atoms with van der Waals surface area (Å²) >= 11 is 0. The molecule has 2 heterocycles. The number of hydrogen-bond acceptors (Lipinski definition) is 3. The van der Waals surface area contributed by atoms with Crippen LogP contribution in [-0.4, -0.2) is 14.5 Å². The van der Waals surface area contributed by atoms with Crippen molar-refractivity contribution in [3.63, 3.8) is 0 Å². The Bertz CT molecular complexity index is 430. The van der Waals surface area contributed by atoms with E-state index in [1.165, 1.54) is 0 Å². The first-order valence-corrected chi connectivity index (χ1v) is 4.27. The van der Waals surface area contributed by atoms with Crippen molar-refractivity contribution in [1.29, 1.82) is 0 Å². The van der Waals surface area contributed by atoms with Crippen molar-refractivity contribution in [3.8, 4) is 0 Å². The van der Waals surface area contributed by atoms with Crippen LogP contribution in [0.15, 0.2) is 18.5 Å². The quantitative estimate of drug-likeness (QED) is 0.717. The Morgan fingerprint density at radius 3 is 2.92 bits per heavy atom. The first-order chi connectivity index (χ1) is 6.18. The maximum atomic E-state index is 5.52. The molecule has 0 fully saturated rings. The Labute approximate surface area is 76.4 Å². The normalized spacial score (nSPS) is 11.3. The number of aromatic nitrogens is 3. The molecule has 0 saturated heterocycles. The van der Waals surface area contributed by atoms with Gasteiger partial charge in [0.2, 0.25) is 5.95 Å². The molecule has 2 N–H and O–H groups in total. The van der Waals surface area contributed by atoms with Gasteiger partial charge in [0.25, 0.3) is 0 Å². The maximum absolute atomic E-state index is 5.52. The molecule has 0 amide bonds. The fourth-order valence-electron chi connectivity index (χ4n) is 1.37. The lowest BCUT2D eigenvalue weighted by molar-refractivity contribution is 0.618. The highest BCUT2D eigenvalue weighted by Gasteiger charge is 2.05. The standard InChI is InChI=1S/C9H12N4/c1-6(2)13-4-3-7-5-11-9(10)12-8(7)13/h3-6H,1-2H3,(H2,10,11,12). The van der Waals surface area contributed by atoms with Crippen LogP contribution in [0.5, 0.6) is 0 Å². The minimum atomic E-state index is 0.327. The monoisotopic (exact) mass is 176 g/mol. The van der Waals surface area contributed by atoms with Gasteiger partial charge in [-0.05, 0) is 19.9 Å². The molecule has 0 spiro atoms. The number of anilines is 1. The SMILES string of the molecule is CC(C)n1ccc2cnc(N)nc21. The Kier molecular flexibility index (Phi) is 1.69. The second-order valence-electron chi connectivity index (χ2n) is 3.32. The van der Waals surface area contributed by atoms with E-state index < -0.39 is 0 Å². The van der Waals surface area contributed by atoms with Gasteiger partial charge in [-0.1, -0.05) is 0 Å². The molecule has 0 radical (unpaired) electrons. The summed E-state index contributed by atoms with van der Waals surface area (Å²) in [6.07, 6.45) is 3.75. The molecule has 0 aliphatic carbocycles. The molecule has 0 aliphatic rings. The van der Waals surface area contributed by atoms with Gasteiger partial charge in [0.1, 0.15) is 5.65 Å². The van der Waals surface area contributed by atoms with E-state index in [0.29, 0.717) is 12.0 Å². The molecule has 2 aromatic heterocycles. The predicted octanol–water partition coefficient (Wildman–Crippen LogP) is 1.59. The third-order valence-electron chi connectivity index (χ3n) is 2.03. The molecule has 4 heteroatoms. The van der Waals surface area contributed by atoms with Gasteiger partial charge < -0.3 is 10.3 Å². The van der Waals surface area contributed by atoms with Crippen molar-refractivity contribution in [2.45, 2.75) is 19.9 Å². The predicted molar refractivity (Wildman–Crippen MR) is 52.3 cm³/mol. The van der Waals surface area contributed by atoms with Crippen molar-refractivity contribution in [2.75, 3.05) is 5.73 Å². The Morgan fingerprint density at radius 1 is 1.46 bits per heavy atom. The highest BCUT2D eigenvalue weighted by Crippen LogP contribution is 2.17. The Hall–Kier alpha value is -1.58. The molecule has 0 aromatic carbocycles. The molecule has 2 rings (SSSR count). The van der Waals surface area contributed by atoms with E-state index in [9.17, 15) is 0 Å². The molecule has 4 nitrogen and oxygen atoms in total. The minimum absolute atomic E-state index is 0.327. The van der Waals surface area contributed by atoms with E-state index >= 15 is 0 Å². The largest absolute Gasteiger partial charge is 0.368 e. The number of nitrogens with two attached hydrogens (primary N) is 1. The fourth-order valence-corrected chi connectivity index (χ4v) is 1.37. The fraction of sp³-hybridized carbons (Fsp3) is 0.333. The smallest absolute Gasteiger partial charge is 0.221 e. The molecule has 13 heavy (non-hydrogen) atoms. The van der Waals surface area contributed by atoms with Crippen LogP contribution < -0.4 is 5.73 Å². The van der Waals surface area contributed by atoms with E-state index in [2.05, 4.69) is 28.4 Å². The van der Waals surface area contributed by atoms with Gasteiger partial charge in [0.05, 0.1) is 0 Å². The molecule has 2 aromatic rings. The molecule has 0 atom stereocenters. The number of rotatable bonds is 1. The first-order valence-electron chi connectivity index (χ1n) is 4.27. The summed E-state index contributed by atoms with van der Waals surface area (Å²) in [4.78, 5) is 8.12. The average molecular weight is 176 g/mol. The van der Waals surface area contributed by atoms with Gasteiger partial charge in [0.15, 0.2) is 0 Å². The third-order valence-corrected chi connectivity index (χ3v) is 2.03. The van der Waals surface area contributed by atoms with Crippen molar-refractivity contribution in [2.24, 2.45) is 0 Å². The van der Waals surface area contributed by atoms with Gasteiger partial charge in [-0.3, -0.25) is 0 Å². The summed E-state index contributed by atoms with van der Waals surface area (Å²) in [5.41, 5.74) is 6.42. The summed E-state index contributed by atoms with van der Waals surface area (Å²) in [6, 6.07) is 2.39. The van der Waals surface area contributed by atoms with Gasteiger partial charge in [-0.2, -0.15) is 4.98 Å². The summed E-state index contributed by atoms with van der Waals surface area (Å²) in [5.74, 6) is 0.327. The van der Waals surface area contributed by atoms with E-state index in [0.717, 1.165) is 11.0 Å². The molecule has 0 bridgehead atoms. The first kappa shape index (κ1) is 8.04. The van der Waals surface area contributed by atoms with Crippen LogP contribution in [0.2, 0.25) is 0 Å². The second-order valence-corrected chi connectivity index (χ2v) is 3.32. The Morgan fingerprint density at radius 2 is 2.23 bits per heavy atom. The molecular weight excluding hydrogens is 164 g/mol. The van der Waals surface area contributed by atoms with Crippen LogP contribution >= 0.6 is 0 Å². The van der Waals surface area contributed by atoms with Crippen LogP contribution in [0, 0.1) is 0 Å². The lowest BCUT2D eigenvalue weighted by Gasteiger charge is -2.07. The number of fused-ring (bicyclic) bond motifs is 1. The van der Waals surface area contributed by atoms with Gasteiger partial charge in [0, 0.05) is 23.8 Å². The zero-order chi connectivity index (χ0) is 9.42. The zero-order valence-corrected chi connectivity index (χ0v) is 7.73.